The van der Waals surface area contributed by atoms with Crippen molar-refractivity contribution in [3.63, 3.8) is 0 Å². The van der Waals surface area contributed by atoms with E-state index in [1.165, 1.54) is 22.9 Å². The van der Waals surface area contributed by atoms with Crippen molar-refractivity contribution in [2.24, 2.45) is 0 Å². The van der Waals surface area contributed by atoms with Gasteiger partial charge in [0, 0.05) is 11.8 Å². The Morgan fingerprint density at radius 1 is 1.09 bits per heavy atom. The molecule has 0 bridgehead atoms. The van der Waals surface area contributed by atoms with Crippen molar-refractivity contribution in [3.8, 4) is 0 Å². The summed E-state index contributed by atoms with van der Waals surface area (Å²) in [6, 6.07) is 8.95. The number of nitrogens with one attached hydrogen (secondary N) is 1. The second kappa shape index (κ2) is 5.76. The Morgan fingerprint density at radius 3 is 2.55 bits per heavy atom. The molecule has 0 atom stereocenters. The summed E-state index contributed by atoms with van der Waals surface area (Å²) in [6.45, 7) is -0.152. The first-order chi connectivity index (χ1) is 10.6. The second-order valence-electron chi connectivity index (χ2n) is 4.49. The third-order valence-electron chi connectivity index (χ3n) is 2.97. The molecular formula is C14H12F2N6. The van der Waals surface area contributed by atoms with Crippen LogP contribution in [0.2, 0.25) is 0 Å². The van der Waals surface area contributed by atoms with Crippen LogP contribution in [0.4, 0.5) is 26.5 Å². The van der Waals surface area contributed by atoms with E-state index in [9.17, 15) is 8.78 Å². The summed E-state index contributed by atoms with van der Waals surface area (Å²) in [5, 5.41) is 6.94. The third-order valence-corrected chi connectivity index (χ3v) is 2.97. The normalized spacial score (nSPS) is 10.6. The van der Waals surface area contributed by atoms with E-state index in [0.717, 1.165) is 0 Å². The second-order valence-corrected chi connectivity index (χ2v) is 4.49. The smallest absolute Gasteiger partial charge is 0.249 e. The molecule has 0 aliphatic carbocycles. The number of aromatic nitrogens is 4. The fourth-order valence-corrected chi connectivity index (χ4v) is 1.91. The van der Waals surface area contributed by atoms with E-state index in [2.05, 4.69) is 20.4 Å². The SMILES string of the molecule is Nc1nc(Nc2ccccn2)nn1Cc1c(F)cccc1F. The molecular weight excluding hydrogens is 290 g/mol. The molecule has 0 unspecified atom stereocenters. The molecule has 3 N–H and O–H groups in total. The molecule has 0 fully saturated rings. The van der Waals surface area contributed by atoms with Crippen LogP contribution >= 0.6 is 0 Å². The lowest BCUT2D eigenvalue weighted by Gasteiger charge is -2.05. The highest BCUT2D eigenvalue weighted by atomic mass is 19.1. The van der Waals surface area contributed by atoms with Crippen molar-refractivity contribution < 1.29 is 8.78 Å². The highest BCUT2D eigenvalue weighted by molar-refractivity contribution is 5.48. The van der Waals surface area contributed by atoms with E-state index >= 15 is 0 Å². The Labute approximate surface area is 124 Å². The quantitative estimate of drug-likeness (QED) is 0.773. The number of nitrogens with two attached hydrogens (primary N) is 1. The molecule has 2 aromatic heterocycles. The predicted molar refractivity (Wildman–Crippen MR) is 77.4 cm³/mol. The number of benzene rings is 1. The molecule has 0 amide bonds. The van der Waals surface area contributed by atoms with Crippen LogP contribution in [0.3, 0.4) is 0 Å². The summed E-state index contributed by atoms with van der Waals surface area (Å²) in [5.74, 6) is -0.533. The Balaban J connectivity index is 1.84. The number of rotatable bonds is 4. The number of nitrogens with zero attached hydrogens (tertiary/aromatic N) is 4. The lowest BCUT2D eigenvalue weighted by Crippen LogP contribution is -2.09. The van der Waals surface area contributed by atoms with Gasteiger partial charge in [-0.1, -0.05) is 12.1 Å². The van der Waals surface area contributed by atoms with Crippen LogP contribution in [-0.2, 0) is 6.54 Å². The van der Waals surface area contributed by atoms with E-state index in [4.69, 9.17) is 5.73 Å². The van der Waals surface area contributed by atoms with Crippen molar-refractivity contribution >= 4 is 17.7 Å². The number of halogens is 2. The van der Waals surface area contributed by atoms with Gasteiger partial charge >= 0.3 is 0 Å². The number of pyridine rings is 1. The molecule has 3 rings (SSSR count). The number of nitrogen functional groups attached to an aromatic ring is 1. The Kier molecular flexibility index (Phi) is 3.65. The summed E-state index contributed by atoms with van der Waals surface area (Å²) < 4.78 is 28.5. The highest BCUT2D eigenvalue weighted by Gasteiger charge is 2.13. The van der Waals surface area contributed by atoms with Crippen LogP contribution in [0.25, 0.3) is 0 Å². The number of hydrogen-bond donors (Lipinski definition) is 2. The molecule has 2 heterocycles. The average molecular weight is 302 g/mol. The first-order valence-electron chi connectivity index (χ1n) is 6.45. The summed E-state index contributed by atoms with van der Waals surface area (Å²) >= 11 is 0. The number of anilines is 3. The largest absolute Gasteiger partial charge is 0.368 e. The molecule has 6 nitrogen and oxygen atoms in total. The van der Waals surface area contributed by atoms with Crippen LogP contribution in [0.15, 0.2) is 42.6 Å². The zero-order chi connectivity index (χ0) is 15.5. The van der Waals surface area contributed by atoms with Crippen molar-refractivity contribution in [2.45, 2.75) is 6.54 Å². The first-order valence-corrected chi connectivity index (χ1v) is 6.45. The standard InChI is InChI=1S/C14H12F2N6/c15-10-4-3-5-11(16)9(10)8-22-13(17)20-14(21-22)19-12-6-1-2-7-18-12/h1-7H,8H2,(H3,17,18,19,20,21). The molecule has 8 heteroatoms. The summed E-state index contributed by atoms with van der Waals surface area (Å²) in [4.78, 5) is 8.06. The molecule has 0 aliphatic rings. The van der Waals surface area contributed by atoms with Gasteiger partial charge in [0.25, 0.3) is 0 Å². The van der Waals surface area contributed by atoms with Crippen LogP contribution in [-0.4, -0.2) is 19.7 Å². The van der Waals surface area contributed by atoms with Gasteiger partial charge in [-0.25, -0.2) is 18.4 Å². The van der Waals surface area contributed by atoms with Crippen molar-refractivity contribution in [1.29, 1.82) is 0 Å². The molecule has 0 saturated carbocycles. The van der Waals surface area contributed by atoms with Gasteiger partial charge in [0.1, 0.15) is 17.5 Å². The molecule has 3 aromatic rings. The minimum atomic E-state index is -0.658. The summed E-state index contributed by atoms with van der Waals surface area (Å²) in [5.41, 5.74) is 5.61. The Hall–Kier alpha value is -3.03. The van der Waals surface area contributed by atoms with Crippen molar-refractivity contribution in [2.75, 3.05) is 11.1 Å². The van der Waals surface area contributed by atoms with Gasteiger partial charge in [-0.15, -0.1) is 5.10 Å². The van der Waals surface area contributed by atoms with Crippen LogP contribution in [0, 0.1) is 11.6 Å². The minimum Gasteiger partial charge on any atom is -0.368 e. The van der Waals surface area contributed by atoms with E-state index in [1.54, 1.807) is 24.4 Å². The fourth-order valence-electron chi connectivity index (χ4n) is 1.91. The maximum Gasteiger partial charge on any atom is 0.249 e. The number of hydrogen-bond acceptors (Lipinski definition) is 5. The summed E-state index contributed by atoms with van der Waals surface area (Å²) in [7, 11) is 0. The van der Waals surface area contributed by atoms with Gasteiger partial charge in [0.05, 0.1) is 6.54 Å². The summed E-state index contributed by atoms with van der Waals surface area (Å²) in [6.07, 6.45) is 1.61. The van der Waals surface area contributed by atoms with Gasteiger partial charge in [-0.2, -0.15) is 4.98 Å². The minimum absolute atomic E-state index is 0.0427. The fraction of sp³-hybridized carbons (Fsp3) is 0.0714. The molecule has 1 aromatic carbocycles. The van der Waals surface area contributed by atoms with Gasteiger partial charge in [-0.05, 0) is 24.3 Å². The van der Waals surface area contributed by atoms with Crippen LogP contribution < -0.4 is 11.1 Å². The first kappa shape index (κ1) is 13.9. The van der Waals surface area contributed by atoms with Crippen LogP contribution in [0.1, 0.15) is 5.56 Å². The maximum absolute atomic E-state index is 13.7. The van der Waals surface area contributed by atoms with E-state index in [-0.39, 0.29) is 24.0 Å². The molecule has 0 saturated heterocycles. The van der Waals surface area contributed by atoms with Gasteiger partial charge in [0.15, 0.2) is 0 Å². The van der Waals surface area contributed by atoms with Gasteiger partial charge in [-0.3, -0.25) is 0 Å². The monoisotopic (exact) mass is 302 g/mol. The lowest BCUT2D eigenvalue weighted by atomic mass is 10.2. The van der Waals surface area contributed by atoms with Crippen LogP contribution in [0.5, 0.6) is 0 Å². The van der Waals surface area contributed by atoms with Crippen molar-refractivity contribution in [1.82, 2.24) is 19.7 Å². The third kappa shape index (κ3) is 2.85. The van der Waals surface area contributed by atoms with Gasteiger partial charge < -0.3 is 11.1 Å². The van der Waals surface area contributed by atoms with Gasteiger partial charge in [0.2, 0.25) is 11.9 Å². The van der Waals surface area contributed by atoms with E-state index in [1.807, 2.05) is 0 Å². The maximum atomic E-state index is 13.7. The Bertz CT molecular complexity index is 767. The molecule has 112 valence electrons. The molecule has 0 spiro atoms. The molecule has 22 heavy (non-hydrogen) atoms. The van der Waals surface area contributed by atoms with Crippen molar-refractivity contribution in [3.05, 3.63) is 59.8 Å². The van der Waals surface area contributed by atoms with E-state index < -0.39 is 11.6 Å². The Morgan fingerprint density at radius 2 is 1.86 bits per heavy atom. The highest BCUT2D eigenvalue weighted by Crippen LogP contribution is 2.17. The topological polar surface area (TPSA) is 81.7 Å². The molecule has 0 radical (unpaired) electrons. The van der Waals surface area contributed by atoms with E-state index in [0.29, 0.717) is 5.82 Å². The lowest BCUT2D eigenvalue weighted by molar-refractivity contribution is 0.535. The average Bonchev–Trinajstić information content (AvgIpc) is 2.84. The zero-order valence-electron chi connectivity index (χ0n) is 11.4. The molecule has 0 aliphatic heterocycles. The predicted octanol–water partition coefficient (Wildman–Crippen LogP) is 2.33. The zero-order valence-corrected chi connectivity index (χ0v) is 11.4.